The van der Waals surface area contributed by atoms with E-state index >= 15 is 0 Å². The number of anilines is 1. The first-order chi connectivity index (χ1) is 8.11. The van der Waals surface area contributed by atoms with E-state index in [-0.39, 0.29) is 12.0 Å². The molecule has 0 saturated heterocycles. The van der Waals surface area contributed by atoms with Crippen LogP contribution >= 0.6 is 0 Å². The number of hydrogen-bond donors (Lipinski definition) is 1. The number of ether oxygens (including phenoxy) is 2. The summed E-state index contributed by atoms with van der Waals surface area (Å²) in [6, 6.07) is 1.99. The zero-order chi connectivity index (χ0) is 12.7. The number of nitrogens with zero attached hydrogens (tertiary/aromatic N) is 2. The highest BCUT2D eigenvalue weighted by Crippen LogP contribution is 2.10. The van der Waals surface area contributed by atoms with E-state index < -0.39 is 0 Å². The molecule has 17 heavy (non-hydrogen) atoms. The molecule has 0 radical (unpaired) electrons. The lowest BCUT2D eigenvalue weighted by Crippen LogP contribution is -2.03. The number of unbranched alkanes of at least 4 members (excludes halogenated alkanes) is 1. The number of nitrogens with two attached hydrogens (primary N) is 1. The molecule has 0 unspecified atom stereocenters. The number of methoxy groups -OCH3 is 1. The van der Waals surface area contributed by atoms with Crippen molar-refractivity contribution in [2.75, 3.05) is 19.5 Å². The molecule has 0 saturated carbocycles. The molecule has 2 N–H and O–H groups in total. The van der Waals surface area contributed by atoms with Crippen molar-refractivity contribution in [3.05, 3.63) is 11.8 Å². The van der Waals surface area contributed by atoms with Crippen molar-refractivity contribution in [2.45, 2.75) is 26.2 Å². The monoisotopic (exact) mass is 239 g/mol. The third-order valence-corrected chi connectivity index (χ3v) is 2.09. The van der Waals surface area contributed by atoms with Gasteiger partial charge >= 0.3 is 12.0 Å². The maximum Gasteiger partial charge on any atom is 0.318 e. The first-order valence-electron chi connectivity index (χ1n) is 5.42. The topological polar surface area (TPSA) is 87.3 Å². The number of nitrogen functional groups attached to an aromatic ring is 1. The number of rotatable bonds is 6. The van der Waals surface area contributed by atoms with Crippen LogP contribution in [0.1, 0.15) is 25.5 Å². The van der Waals surface area contributed by atoms with E-state index in [4.69, 9.17) is 15.2 Å². The molecular weight excluding hydrogens is 222 g/mol. The molecule has 0 spiro atoms. The summed E-state index contributed by atoms with van der Waals surface area (Å²) >= 11 is 0. The number of aromatic nitrogens is 2. The van der Waals surface area contributed by atoms with Gasteiger partial charge in [0.25, 0.3) is 0 Å². The van der Waals surface area contributed by atoms with Crippen LogP contribution in [0.2, 0.25) is 0 Å². The predicted molar refractivity (Wildman–Crippen MR) is 62.6 cm³/mol. The number of esters is 1. The standard InChI is InChI=1S/C11H17N3O3/c1-8(15)17-6-4-3-5-9-7-10(12)14-11(13-9)16-2/h7H,3-6H2,1-2H3,(H2,12,13,14). The Morgan fingerprint density at radius 1 is 1.41 bits per heavy atom. The molecule has 0 aliphatic carbocycles. The highest BCUT2D eigenvalue weighted by atomic mass is 16.5. The largest absolute Gasteiger partial charge is 0.467 e. The van der Waals surface area contributed by atoms with E-state index in [2.05, 4.69) is 9.97 Å². The van der Waals surface area contributed by atoms with Crippen LogP contribution in [0.3, 0.4) is 0 Å². The van der Waals surface area contributed by atoms with Crippen LogP contribution in [0.5, 0.6) is 6.01 Å². The van der Waals surface area contributed by atoms with E-state index in [1.165, 1.54) is 14.0 Å². The van der Waals surface area contributed by atoms with Crippen molar-refractivity contribution in [2.24, 2.45) is 0 Å². The summed E-state index contributed by atoms with van der Waals surface area (Å²) in [5.74, 6) is 0.143. The maximum atomic E-state index is 10.5. The van der Waals surface area contributed by atoms with Crippen LogP contribution in [0.4, 0.5) is 5.82 Å². The molecule has 0 fully saturated rings. The van der Waals surface area contributed by atoms with Gasteiger partial charge in [0.1, 0.15) is 5.82 Å². The van der Waals surface area contributed by atoms with Gasteiger partial charge in [0, 0.05) is 18.7 Å². The van der Waals surface area contributed by atoms with Crippen molar-refractivity contribution in [3.8, 4) is 6.01 Å². The van der Waals surface area contributed by atoms with Gasteiger partial charge in [-0.25, -0.2) is 4.98 Å². The fourth-order valence-electron chi connectivity index (χ4n) is 1.34. The molecule has 6 nitrogen and oxygen atoms in total. The van der Waals surface area contributed by atoms with Crippen LogP contribution in [0.15, 0.2) is 6.07 Å². The normalized spacial score (nSPS) is 10.0. The minimum absolute atomic E-state index is 0.252. The van der Waals surface area contributed by atoms with Gasteiger partial charge < -0.3 is 15.2 Å². The van der Waals surface area contributed by atoms with Crippen LogP contribution in [-0.2, 0) is 16.0 Å². The molecule has 0 atom stereocenters. The van der Waals surface area contributed by atoms with Gasteiger partial charge in [-0.3, -0.25) is 4.79 Å². The zero-order valence-electron chi connectivity index (χ0n) is 10.1. The quantitative estimate of drug-likeness (QED) is 0.587. The van der Waals surface area contributed by atoms with Crippen molar-refractivity contribution >= 4 is 11.8 Å². The fourth-order valence-corrected chi connectivity index (χ4v) is 1.34. The minimum Gasteiger partial charge on any atom is -0.467 e. The van der Waals surface area contributed by atoms with Gasteiger partial charge in [0.15, 0.2) is 0 Å². The predicted octanol–water partition coefficient (Wildman–Crippen LogP) is 0.953. The molecule has 0 aliphatic heterocycles. The summed E-state index contributed by atoms with van der Waals surface area (Å²) in [6.45, 7) is 1.84. The van der Waals surface area contributed by atoms with E-state index in [0.29, 0.717) is 12.4 Å². The Balaban J connectivity index is 2.36. The van der Waals surface area contributed by atoms with Crippen molar-refractivity contribution < 1.29 is 14.3 Å². The Hall–Kier alpha value is -1.85. The Morgan fingerprint density at radius 2 is 2.18 bits per heavy atom. The average molecular weight is 239 g/mol. The Labute approximate surface area is 100 Å². The minimum atomic E-state index is -0.252. The van der Waals surface area contributed by atoms with Crippen LogP contribution in [0.25, 0.3) is 0 Å². The molecule has 1 rings (SSSR count). The smallest absolute Gasteiger partial charge is 0.318 e. The summed E-state index contributed by atoms with van der Waals surface area (Å²) in [7, 11) is 1.50. The first-order valence-corrected chi connectivity index (χ1v) is 5.42. The lowest BCUT2D eigenvalue weighted by Gasteiger charge is -2.04. The summed E-state index contributed by atoms with van der Waals surface area (Å²) in [4.78, 5) is 18.6. The highest BCUT2D eigenvalue weighted by Gasteiger charge is 2.02. The second-order valence-corrected chi connectivity index (χ2v) is 3.57. The van der Waals surface area contributed by atoms with E-state index in [9.17, 15) is 4.79 Å². The number of aryl methyl sites for hydroxylation is 1. The maximum absolute atomic E-state index is 10.5. The zero-order valence-corrected chi connectivity index (χ0v) is 10.1. The highest BCUT2D eigenvalue weighted by molar-refractivity contribution is 5.65. The van der Waals surface area contributed by atoms with Crippen molar-refractivity contribution in [1.82, 2.24) is 9.97 Å². The molecule has 1 aromatic heterocycles. The van der Waals surface area contributed by atoms with Crippen LogP contribution < -0.4 is 10.5 Å². The SMILES string of the molecule is COc1nc(N)cc(CCCCOC(C)=O)n1. The van der Waals surface area contributed by atoms with Crippen LogP contribution in [-0.4, -0.2) is 29.7 Å². The Kier molecular flexibility index (Phi) is 5.19. The van der Waals surface area contributed by atoms with Gasteiger partial charge in [-0.15, -0.1) is 0 Å². The number of hydrogen-bond acceptors (Lipinski definition) is 6. The average Bonchev–Trinajstić information content (AvgIpc) is 2.27. The number of carbonyl (C=O) groups is 1. The van der Waals surface area contributed by atoms with Gasteiger partial charge in [0.2, 0.25) is 0 Å². The van der Waals surface area contributed by atoms with Crippen molar-refractivity contribution in [1.29, 1.82) is 0 Å². The molecule has 1 heterocycles. The van der Waals surface area contributed by atoms with Gasteiger partial charge in [-0.05, 0) is 19.3 Å². The Bertz CT molecular complexity index is 382. The molecule has 6 heteroatoms. The second-order valence-electron chi connectivity index (χ2n) is 3.57. The molecule has 94 valence electrons. The lowest BCUT2D eigenvalue weighted by molar-refractivity contribution is -0.141. The molecule has 0 aromatic carbocycles. The fraction of sp³-hybridized carbons (Fsp3) is 0.545. The summed E-state index contributed by atoms with van der Waals surface area (Å²) in [5, 5.41) is 0. The first kappa shape index (κ1) is 13.2. The number of carbonyl (C=O) groups excluding carboxylic acids is 1. The second kappa shape index (κ2) is 6.67. The molecule has 0 bridgehead atoms. The summed E-state index contributed by atoms with van der Waals surface area (Å²) in [5.41, 5.74) is 6.44. The molecular formula is C11H17N3O3. The summed E-state index contributed by atoms with van der Waals surface area (Å²) in [6.07, 6.45) is 2.42. The molecule has 0 amide bonds. The van der Waals surface area contributed by atoms with E-state index in [1.54, 1.807) is 6.07 Å². The summed E-state index contributed by atoms with van der Waals surface area (Å²) < 4.78 is 9.75. The van der Waals surface area contributed by atoms with Gasteiger partial charge in [0.05, 0.1) is 13.7 Å². The van der Waals surface area contributed by atoms with E-state index in [0.717, 1.165) is 25.0 Å². The molecule has 1 aromatic rings. The Morgan fingerprint density at radius 3 is 2.82 bits per heavy atom. The molecule has 0 aliphatic rings. The lowest BCUT2D eigenvalue weighted by atomic mass is 10.2. The van der Waals surface area contributed by atoms with Crippen molar-refractivity contribution in [3.63, 3.8) is 0 Å². The van der Waals surface area contributed by atoms with Crippen LogP contribution in [0, 0.1) is 0 Å². The third-order valence-electron chi connectivity index (χ3n) is 2.09. The van der Waals surface area contributed by atoms with Gasteiger partial charge in [-0.1, -0.05) is 0 Å². The van der Waals surface area contributed by atoms with Gasteiger partial charge in [-0.2, -0.15) is 4.98 Å². The third kappa shape index (κ3) is 5.14. The van der Waals surface area contributed by atoms with E-state index in [1.807, 2.05) is 0 Å².